The number of aryl methyl sites for hydroxylation is 1. The molecule has 0 spiro atoms. The minimum atomic E-state index is -0.181. The Hall–Kier alpha value is -2.43. The van der Waals surface area contributed by atoms with E-state index < -0.39 is 0 Å². The molecule has 5 heteroatoms. The maximum atomic E-state index is 11.5. The van der Waals surface area contributed by atoms with E-state index in [1.54, 1.807) is 41.5 Å². The van der Waals surface area contributed by atoms with Crippen LogP contribution >= 0.6 is 0 Å². The van der Waals surface area contributed by atoms with Gasteiger partial charge in [-0.25, -0.2) is 0 Å². The summed E-state index contributed by atoms with van der Waals surface area (Å²) in [5.41, 5.74) is 1.61. The largest absolute Gasteiger partial charge is 0.322 e. The van der Waals surface area contributed by atoms with E-state index in [0.29, 0.717) is 0 Å². The van der Waals surface area contributed by atoms with Crippen LogP contribution in [0.4, 0.5) is 5.69 Å². The molecule has 86 valence electrons. The zero-order valence-corrected chi connectivity index (χ0v) is 9.37. The van der Waals surface area contributed by atoms with E-state index in [0.717, 1.165) is 11.3 Å². The second-order valence-electron chi connectivity index (χ2n) is 3.51. The monoisotopic (exact) mass is 228 g/mol. The van der Waals surface area contributed by atoms with Gasteiger partial charge in [0.2, 0.25) is 5.91 Å². The Morgan fingerprint density at radius 1 is 1.41 bits per heavy atom. The van der Waals surface area contributed by atoms with Crippen molar-refractivity contribution in [2.24, 2.45) is 7.05 Å². The Labute approximate surface area is 98.8 Å². The molecule has 0 radical (unpaired) electrons. The number of hydrogen-bond acceptors (Lipinski definition) is 3. The van der Waals surface area contributed by atoms with Gasteiger partial charge in [0, 0.05) is 43.0 Å². The Balaban J connectivity index is 1.96. The Kier molecular flexibility index (Phi) is 3.30. The van der Waals surface area contributed by atoms with Gasteiger partial charge in [-0.2, -0.15) is 5.10 Å². The molecule has 0 saturated carbocycles. The van der Waals surface area contributed by atoms with Gasteiger partial charge in [0.15, 0.2) is 0 Å². The molecule has 2 aromatic rings. The summed E-state index contributed by atoms with van der Waals surface area (Å²) in [6, 6.07) is 3.46. The minimum Gasteiger partial charge on any atom is -0.322 e. The van der Waals surface area contributed by atoms with Gasteiger partial charge in [0.05, 0.1) is 6.20 Å². The SMILES string of the molecule is Cn1cc(/C=C/C(=O)Nc2ccncc2)cn1. The van der Waals surface area contributed by atoms with Crippen molar-refractivity contribution in [1.82, 2.24) is 14.8 Å². The summed E-state index contributed by atoms with van der Waals surface area (Å²) in [6.45, 7) is 0. The first-order chi connectivity index (χ1) is 8.24. The Bertz CT molecular complexity index is 530. The fraction of sp³-hybridized carbons (Fsp3) is 0.0833. The summed E-state index contributed by atoms with van der Waals surface area (Å²) < 4.78 is 1.68. The molecule has 0 aliphatic heterocycles. The summed E-state index contributed by atoms with van der Waals surface area (Å²) >= 11 is 0. The molecule has 0 atom stereocenters. The number of aromatic nitrogens is 3. The molecule has 1 amide bonds. The molecule has 0 aliphatic rings. The standard InChI is InChI=1S/C12H12N4O/c1-16-9-10(8-14-16)2-3-12(17)15-11-4-6-13-7-5-11/h2-9H,1H3,(H,13,15,17)/b3-2+. The van der Waals surface area contributed by atoms with Crippen LogP contribution in [0.15, 0.2) is 43.0 Å². The third-order valence-corrected chi connectivity index (χ3v) is 2.10. The van der Waals surface area contributed by atoms with Crippen molar-refractivity contribution in [3.63, 3.8) is 0 Å². The first kappa shape index (κ1) is 11.1. The van der Waals surface area contributed by atoms with Gasteiger partial charge in [-0.1, -0.05) is 0 Å². The number of carbonyl (C=O) groups excluding carboxylic acids is 1. The van der Waals surface area contributed by atoms with Crippen molar-refractivity contribution in [2.75, 3.05) is 5.32 Å². The number of anilines is 1. The van der Waals surface area contributed by atoms with Gasteiger partial charge in [0.25, 0.3) is 0 Å². The molecule has 17 heavy (non-hydrogen) atoms. The lowest BCUT2D eigenvalue weighted by molar-refractivity contribution is -0.111. The summed E-state index contributed by atoms with van der Waals surface area (Å²) in [6.07, 6.45) is 9.95. The van der Waals surface area contributed by atoms with E-state index in [-0.39, 0.29) is 5.91 Å². The lowest BCUT2D eigenvalue weighted by atomic mass is 10.3. The van der Waals surface area contributed by atoms with Gasteiger partial charge in [-0.3, -0.25) is 14.5 Å². The highest BCUT2D eigenvalue weighted by atomic mass is 16.1. The number of amides is 1. The predicted octanol–water partition coefficient (Wildman–Crippen LogP) is 1.47. The second-order valence-corrected chi connectivity index (χ2v) is 3.51. The number of pyridine rings is 1. The molecule has 0 bridgehead atoms. The molecule has 1 N–H and O–H groups in total. The minimum absolute atomic E-state index is 0.181. The van der Waals surface area contributed by atoms with Crippen molar-refractivity contribution >= 4 is 17.7 Å². The van der Waals surface area contributed by atoms with Gasteiger partial charge in [-0.15, -0.1) is 0 Å². The van der Waals surface area contributed by atoms with Crippen LogP contribution in [0.3, 0.4) is 0 Å². The van der Waals surface area contributed by atoms with Crippen LogP contribution in [-0.4, -0.2) is 20.7 Å². The first-order valence-electron chi connectivity index (χ1n) is 5.12. The summed E-state index contributed by atoms with van der Waals surface area (Å²) in [5.74, 6) is -0.181. The maximum absolute atomic E-state index is 11.5. The van der Waals surface area contributed by atoms with E-state index in [1.807, 2.05) is 13.2 Å². The highest BCUT2D eigenvalue weighted by Crippen LogP contribution is 2.04. The lowest BCUT2D eigenvalue weighted by Gasteiger charge is -1.99. The predicted molar refractivity (Wildman–Crippen MR) is 65.1 cm³/mol. The fourth-order valence-corrected chi connectivity index (χ4v) is 1.32. The van der Waals surface area contributed by atoms with E-state index in [9.17, 15) is 4.79 Å². The average Bonchev–Trinajstić information content (AvgIpc) is 2.74. The topological polar surface area (TPSA) is 59.8 Å². The molecular weight excluding hydrogens is 216 g/mol. The van der Waals surface area contributed by atoms with Crippen LogP contribution in [-0.2, 0) is 11.8 Å². The zero-order chi connectivity index (χ0) is 12.1. The number of rotatable bonds is 3. The van der Waals surface area contributed by atoms with Crippen LogP contribution in [0.5, 0.6) is 0 Å². The molecule has 0 saturated heterocycles. The normalized spacial score (nSPS) is 10.6. The smallest absolute Gasteiger partial charge is 0.248 e. The average molecular weight is 228 g/mol. The molecule has 5 nitrogen and oxygen atoms in total. The molecule has 0 unspecified atom stereocenters. The van der Waals surface area contributed by atoms with Crippen LogP contribution in [0.2, 0.25) is 0 Å². The summed E-state index contributed by atoms with van der Waals surface area (Å²) in [4.78, 5) is 15.4. The molecule has 2 rings (SSSR count). The van der Waals surface area contributed by atoms with Crippen LogP contribution in [0, 0.1) is 0 Å². The molecular formula is C12H12N4O. The fourth-order valence-electron chi connectivity index (χ4n) is 1.32. The summed E-state index contributed by atoms with van der Waals surface area (Å²) in [7, 11) is 1.83. The summed E-state index contributed by atoms with van der Waals surface area (Å²) in [5, 5.41) is 6.73. The number of carbonyl (C=O) groups is 1. The number of nitrogens with zero attached hydrogens (tertiary/aromatic N) is 3. The molecule has 2 aromatic heterocycles. The van der Waals surface area contributed by atoms with E-state index in [2.05, 4.69) is 15.4 Å². The van der Waals surface area contributed by atoms with Crippen molar-refractivity contribution in [2.45, 2.75) is 0 Å². The van der Waals surface area contributed by atoms with E-state index >= 15 is 0 Å². The molecule has 2 heterocycles. The number of hydrogen-bond donors (Lipinski definition) is 1. The quantitative estimate of drug-likeness (QED) is 0.809. The van der Waals surface area contributed by atoms with Crippen LogP contribution in [0.1, 0.15) is 5.56 Å². The third-order valence-electron chi connectivity index (χ3n) is 2.10. The van der Waals surface area contributed by atoms with Crippen LogP contribution in [0.25, 0.3) is 6.08 Å². The first-order valence-corrected chi connectivity index (χ1v) is 5.12. The van der Waals surface area contributed by atoms with Gasteiger partial charge in [-0.05, 0) is 18.2 Å². The van der Waals surface area contributed by atoms with E-state index in [1.165, 1.54) is 6.08 Å². The van der Waals surface area contributed by atoms with Crippen molar-refractivity contribution in [1.29, 1.82) is 0 Å². The van der Waals surface area contributed by atoms with Crippen molar-refractivity contribution < 1.29 is 4.79 Å². The van der Waals surface area contributed by atoms with Gasteiger partial charge < -0.3 is 5.32 Å². The molecule has 0 fully saturated rings. The van der Waals surface area contributed by atoms with Gasteiger partial charge >= 0.3 is 0 Å². The van der Waals surface area contributed by atoms with Crippen molar-refractivity contribution in [3.8, 4) is 0 Å². The molecule has 0 aromatic carbocycles. The highest BCUT2D eigenvalue weighted by Gasteiger charge is 1.97. The Morgan fingerprint density at radius 2 is 2.18 bits per heavy atom. The second kappa shape index (κ2) is 5.07. The Morgan fingerprint density at radius 3 is 2.82 bits per heavy atom. The number of nitrogens with one attached hydrogen (secondary N) is 1. The van der Waals surface area contributed by atoms with Crippen molar-refractivity contribution in [3.05, 3.63) is 48.6 Å². The zero-order valence-electron chi connectivity index (χ0n) is 9.37. The van der Waals surface area contributed by atoms with E-state index in [4.69, 9.17) is 0 Å². The van der Waals surface area contributed by atoms with Gasteiger partial charge in [0.1, 0.15) is 0 Å². The lowest BCUT2D eigenvalue weighted by Crippen LogP contribution is -2.07. The maximum Gasteiger partial charge on any atom is 0.248 e. The van der Waals surface area contributed by atoms with Crippen LogP contribution < -0.4 is 5.32 Å². The third kappa shape index (κ3) is 3.27. The highest BCUT2D eigenvalue weighted by molar-refractivity contribution is 6.01. The molecule has 0 aliphatic carbocycles.